The van der Waals surface area contributed by atoms with E-state index in [2.05, 4.69) is 35.2 Å². The van der Waals surface area contributed by atoms with Crippen molar-refractivity contribution in [2.24, 2.45) is 0 Å². The van der Waals surface area contributed by atoms with E-state index in [0.29, 0.717) is 6.42 Å². The highest BCUT2D eigenvalue weighted by Gasteiger charge is 2.13. The predicted molar refractivity (Wildman–Crippen MR) is 78.0 cm³/mol. The Morgan fingerprint density at radius 1 is 1.05 bits per heavy atom. The Balaban J connectivity index is 2.11. The van der Waals surface area contributed by atoms with Crippen LogP contribution in [0, 0.1) is 0 Å². The van der Waals surface area contributed by atoms with Crippen molar-refractivity contribution in [2.45, 2.75) is 19.0 Å². The van der Waals surface area contributed by atoms with Crippen LogP contribution in [0.25, 0.3) is 10.8 Å². The highest BCUT2D eigenvalue weighted by atomic mass is 16.3. The van der Waals surface area contributed by atoms with Crippen molar-refractivity contribution in [1.29, 1.82) is 0 Å². The van der Waals surface area contributed by atoms with Crippen molar-refractivity contribution in [3.8, 4) is 0 Å². The van der Waals surface area contributed by atoms with E-state index in [1.807, 2.05) is 19.2 Å². The molecule has 1 atom stereocenters. The summed E-state index contributed by atoms with van der Waals surface area (Å²) < 4.78 is 0. The van der Waals surface area contributed by atoms with Crippen LogP contribution in [0.2, 0.25) is 0 Å². The van der Waals surface area contributed by atoms with Crippen LogP contribution >= 0.6 is 0 Å². The van der Waals surface area contributed by atoms with Gasteiger partial charge in [0.05, 0.1) is 6.61 Å². The van der Waals surface area contributed by atoms with Crippen LogP contribution < -0.4 is 0 Å². The molecule has 0 radical (unpaired) electrons. The molecule has 102 valence electrons. The molecule has 1 unspecified atom stereocenters. The van der Waals surface area contributed by atoms with Crippen LogP contribution in [-0.2, 0) is 6.54 Å². The van der Waals surface area contributed by atoms with E-state index in [0.717, 1.165) is 6.54 Å². The third-order valence-corrected chi connectivity index (χ3v) is 3.54. The first-order chi connectivity index (χ1) is 9.24. The molecule has 0 fully saturated rings. The second-order valence-electron chi connectivity index (χ2n) is 4.95. The lowest BCUT2D eigenvalue weighted by Gasteiger charge is -2.26. The molecule has 2 aromatic carbocycles. The molecule has 0 aromatic heterocycles. The first-order valence-electron chi connectivity index (χ1n) is 6.64. The summed E-state index contributed by atoms with van der Waals surface area (Å²) in [5, 5.41) is 20.8. The molecule has 2 N–H and O–H groups in total. The van der Waals surface area contributed by atoms with Gasteiger partial charge in [-0.05, 0) is 35.9 Å². The Bertz CT molecular complexity index is 527. The number of nitrogens with zero attached hydrogens (tertiary/aromatic N) is 1. The SMILES string of the molecule is CN(Cc1ccc2ccccc2c1)C(CO)CCO. The lowest BCUT2D eigenvalue weighted by atomic mass is 10.1. The van der Waals surface area contributed by atoms with Crippen molar-refractivity contribution in [3.63, 3.8) is 0 Å². The van der Waals surface area contributed by atoms with Gasteiger partial charge in [-0.25, -0.2) is 0 Å². The van der Waals surface area contributed by atoms with Gasteiger partial charge in [-0.2, -0.15) is 0 Å². The van der Waals surface area contributed by atoms with E-state index in [9.17, 15) is 5.11 Å². The van der Waals surface area contributed by atoms with Gasteiger partial charge in [0.25, 0.3) is 0 Å². The number of hydrogen-bond donors (Lipinski definition) is 2. The van der Waals surface area contributed by atoms with Crippen LogP contribution in [-0.4, -0.2) is 41.4 Å². The lowest BCUT2D eigenvalue weighted by molar-refractivity contribution is 0.115. The smallest absolute Gasteiger partial charge is 0.0587 e. The van der Waals surface area contributed by atoms with Crippen LogP contribution in [0.5, 0.6) is 0 Å². The molecule has 2 aromatic rings. The van der Waals surface area contributed by atoms with Gasteiger partial charge < -0.3 is 10.2 Å². The van der Waals surface area contributed by atoms with Crippen LogP contribution in [0.1, 0.15) is 12.0 Å². The Morgan fingerprint density at radius 2 is 1.79 bits per heavy atom. The summed E-state index contributed by atoms with van der Waals surface area (Å²) in [7, 11) is 1.98. The number of hydrogen-bond acceptors (Lipinski definition) is 3. The third-order valence-electron chi connectivity index (χ3n) is 3.54. The molecule has 0 spiro atoms. The fourth-order valence-electron chi connectivity index (χ4n) is 2.35. The Hall–Kier alpha value is -1.42. The number of likely N-dealkylation sites (N-methyl/N-ethyl adjacent to an activating group) is 1. The third kappa shape index (κ3) is 3.53. The fraction of sp³-hybridized carbons (Fsp3) is 0.375. The van der Waals surface area contributed by atoms with Crippen LogP contribution in [0.4, 0.5) is 0 Å². The minimum Gasteiger partial charge on any atom is -0.396 e. The number of fused-ring (bicyclic) bond motifs is 1. The summed E-state index contributed by atoms with van der Waals surface area (Å²) >= 11 is 0. The van der Waals surface area contributed by atoms with E-state index in [-0.39, 0.29) is 19.3 Å². The number of aliphatic hydroxyl groups excluding tert-OH is 2. The van der Waals surface area contributed by atoms with E-state index in [1.165, 1.54) is 16.3 Å². The summed E-state index contributed by atoms with van der Waals surface area (Å²) in [6, 6.07) is 14.7. The molecular formula is C16H21NO2. The molecule has 0 saturated carbocycles. The first-order valence-corrected chi connectivity index (χ1v) is 6.64. The van der Waals surface area contributed by atoms with Crippen molar-refractivity contribution in [2.75, 3.05) is 20.3 Å². The zero-order valence-electron chi connectivity index (χ0n) is 11.3. The van der Waals surface area contributed by atoms with Gasteiger partial charge in [0.2, 0.25) is 0 Å². The van der Waals surface area contributed by atoms with E-state index >= 15 is 0 Å². The monoisotopic (exact) mass is 259 g/mol. The van der Waals surface area contributed by atoms with Crippen LogP contribution in [0.15, 0.2) is 42.5 Å². The van der Waals surface area contributed by atoms with E-state index in [4.69, 9.17) is 5.11 Å². The molecule has 0 amide bonds. The maximum Gasteiger partial charge on any atom is 0.0587 e. The van der Waals surface area contributed by atoms with Crippen molar-refractivity contribution in [1.82, 2.24) is 4.90 Å². The molecule has 3 nitrogen and oxygen atoms in total. The second kappa shape index (κ2) is 6.66. The first kappa shape index (κ1) is 14.0. The molecule has 0 bridgehead atoms. The average molecular weight is 259 g/mol. The molecule has 0 aliphatic rings. The molecule has 0 aliphatic heterocycles. The minimum absolute atomic E-state index is 0.0106. The van der Waals surface area contributed by atoms with E-state index < -0.39 is 0 Å². The Kier molecular flexibility index (Phi) is 4.91. The summed E-state index contributed by atoms with van der Waals surface area (Å²) in [5.74, 6) is 0. The molecular weight excluding hydrogens is 238 g/mol. The number of benzene rings is 2. The molecule has 0 saturated heterocycles. The normalized spacial score (nSPS) is 13.1. The second-order valence-corrected chi connectivity index (χ2v) is 4.95. The average Bonchev–Trinajstić information content (AvgIpc) is 2.44. The molecule has 0 heterocycles. The number of rotatable bonds is 6. The van der Waals surface area contributed by atoms with Gasteiger partial charge in [-0.15, -0.1) is 0 Å². The van der Waals surface area contributed by atoms with Gasteiger partial charge in [0.1, 0.15) is 0 Å². The van der Waals surface area contributed by atoms with Gasteiger partial charge in [0, 0.05) is 19.2 Å². The highest BCUT2D eigenvalue weighted by molar-refractivity contribution is 5.82. The van der Waals surface area contributed by atoms with E-state index in [1.54, 1.807) is 0 Å². The Labute approximate surface area is 114 Å². The topological polar surface area (TPSA) is 43.7 Å². The van der Waals surface area contributed by atoms with Gasteiger partial charge in [-0.1, -0.05) is 36.4 Å². The quantitative estimate of drug-likeness (QED) is 0.834. The predicted octanol–water partition coefficient (Wildman–Crippen LogP) is 2.01. The highest BCUT2D eigenvalue weighted by Crippen LogP contribution is 2.17. The van der Waals surface area contributed by atoms with Crippen molar-refractivity contribution in [3.05, 3.63) is 48.0 Å². The zero-order chi connectivity index (χ0) is 13.7. The maximum absolute atomic E-state index is 9.32. The summed E-state index contributed by atoms with van der Waals surface area (Å²) in [6.07, 6.45) is 0.598. The van der Waals surface area contributed by atoms with Crippen LogP contribution in [0.3, 0.4) is 0 Å². The van der Waals surface area contributed by atoms with Gasteiger partial charge >= 0.3 is 0 Å². The summed E-state index contributed by atoms with van der Waals surface area (Å²) in [6.45, 7) is 0.952. The maximum atomic E-state index is 9.32. The largest absolute Gasteiger partial charge is 0.396 e. The summed E-state index contributed by atoms with van der Waals surface area (Å²) in [5.41, 5.74) is 1.22. The summed E-state index contributed by atoms with van der Waals surface area (Å²) in [4.78, 5) is 2.08. The zero-order valence-corrected chi connectivity index (χ0v) is 11.3. The van der Waals surface area contributed by atoms with Crippen molar-refractivity contribution < 1.29 is 10.2 Å². The minimum atomic E-state index is 0.0106. The lowest BCUT2D eigenvalue weighted by Crippen LogP contribution is -2.35. The standard InChI is InChI=1S/C16H21NO2/c1-17(16(12-19)8-9-18)11-13-6-7-14-4-2-3-5-15(14)10-13/h2-7,10,16,18-19H,8-9,11-12H2,1H3. The molecule has 0 aliphatic carbocycles. The molecule has 19 heavy (non-hydrogen) atoms. The van der Waals surface area contributed by atoms with Gasteiger partial charge in [-0.3, -0.25) is 4.90 Å². The van der Waals surface area contributed by atoms with Gasteiger partial charge in [0.15, 0.2) is 0 Å². The molecule has 3 heteroatoms. The van der Waals surface area contributed by atoms with Crippen molar-refractivity contribution >= 4 is 10.8 Å². The molecule has 2 rings (SSSR count). The fourth-order valence-corrected chi connectivity index (χ4v) is 2.35. The Morgan fingerprint density at radius 3 is 2.47 bits per heavy atom. The number of aliphatic hydroxyl groups is 2.